The van der Waals surface area contributed by atoms with E-state index in [9.17, 15) is 4.79 Å². The smallest absolute Gasteiger partial charge is 0.339 e. The maximum atomic E-state index is 10.8. The van der Waals surface area contributed by atoms with E-state index >= 15 is 0 Å². The van der Waals surface area contributed by atoms with E-state index in [1.165, 1.54) is 0 Å². The van der Waals surface area contributed by atoms with Gasteiger partial charge >= 0.3 is 5.97 Å². The zero-order chi connectivity index (χ0) is 7.78. The van der Waals surface area contributed by atoms with Gasteiger partial charge in [-0.3, -0.25) is 0 Å². The molecule has 0 spiro atoms. The van der Waals surface area contributed by atoms with Gasteiger partial charge in [0.25, 0.3) is 0 Å². The standard InChI is InChI=1S/C6H11NO3/c1-6(2)9-4(3-7)5(8)10-6/h4H,3,7H2,1-2H3/t4-/m1/s1. The first-order chi connectivity index (χ1) is 4.55. The third-order valence-corrected chi connectivity index (χ3v) is 1.25. The second-order valence-electron chi connectivity index (χ2n) is 2.66. The SMILES string of the molecule is CC1(C)OC(=O)[C@@H](CN)O1. The summed E-state index contributed by atoms with van der Waals surface area (Å²) in [5.74, 6) is -1.16. The summed E-state index contributed by atoms with van der Waals surface area (Å²) in [7, 11) is 0. The number of esters is 1. The fourth-order valence-electron chi connectivity index (χ4n) is 0.867. The van der Waals surface area contributed by atoms with Gasteiger partial charge in [-0.05, 0) is 0 Å². The Bertz CT molecular complexity index is 155. The lowest BCUT2D eigenvalue weighted by Gasteiger charge is -2.14. The van der Waals surface area contributed by atoms with Gasteiger partial charge in [0.2, 0.25) is 5.79 Å². The Morgan fingerprint density at radius 1 is 1.70 bits per heavy atom. The minimum Gasteiger partial charge on any atom is -0.432 e. The fraction of sp³-hybridized carbons (Fsp3) is 0.833. The van der Waals surface area contributed by atoms with Crippen molar-refractivity contribution in [3.63, 3.8) is 0 Å². The predicted molar refractivity (Wildman–Crippen MR) is 34.1 cm³/mol. The van der Waals surface area contributed by atoms with Crippen LogP contribution >= 0.6 is 0 Å². The number of carbonyl (C=O) groups excluding carboxylic acids is 1. The topological polar surface area (TPSA) is 61.5 Å². The van der Waals surface area contributed by atoms with Gasteiger partial charge in [-0.15, -0.1) is 0 Å². The molecule has 1 saturated heterocycles. The number of hydrogen-bond acceptors (Lipinski definition) is 4. The summed E-state index contributed by atoms with van der Waals surface area (Å²) >= 11 is 0. The van der Waals surface area contributed by atoms with Gasteiger partial charge in [0.1, 0.15) is 0 Å². The molecule has 58 valence electrons. The molecule has 0 radical (unpaired) electrons. The molecule has 0 saturated carbocycles. The molecule has 0 aliphatic carbocycles. The number of nitrogens with two attached hydrogens (primary N) is 1. The van der Waals surface area contributed by atoms with Crippen molar-refractivity contribution in [1.29, 1.82) is 0 Å². The lowest BCUT2D eigenvalue weighted by molar-refractivity contribution is -0.160. The van der Waals surface area contributed by atoms with Crippen molar-refractivity contribution in [2.24, 2.45) is 5.73 Å². The summed E-state index contributed by atoms with van der Waals surface area (Å²) in [6, 6.07) is 0. The minimum absolute atomic E-state index is 0.183. The van der Waals surface area contributed by atoms with Crippen LogP contribution in [0.2, 0.25) is 0 Å². The molecule has 1 rings (SSSR count). The van der Waals surface area contributed by atoms with Crippen LogP contribution in [-0.2, 0) is 14.3 Å². The van der Waals surface area contributed by atoms with Crippen LogP contribution in [0.3, 0.4) is 0 Å². The van der Waals surface area contributed by atoms with Crippen LogP contribution in [0.1, 0.15) is 13.8 Å². The van der Waals surface area contributed by atoms with Crippen LogP contribution in [0, 0.1) is 0 Å². The summed E-state index contributed by atoms with van der Waals surface area (Å²) in [5, 5.41) is 0. The van der Waals surface area contributed by atoms with Crippen molar-refractivity contribution in [3.05, 3.63) is 0 Å². The van der Waals surface area contributed by atoms with E-state index in [2.05, 4.69) is 0 Å². The molecule has 2 N–H and O–H groups in total. The van der Waals surface area contributed by atoms with Crippen LogP contribution < -0.4 is 5.73 Å². The molecule has 0 unspecified atom stereocenters. The normalized spacial score (nSPS) is 30.3. The molecule has 1 aliphatic rings. The van der Waals surface area contributed by atoms with Crippen molar-refractivity contribution in [3.8, 4) is 0 Å². The lowest BCUT2D eigenvalue weighted by atomic mass is 10.4. The number of cyclic esters (lactones) is 1. The molecule has 4 heteroatoms. The van der Waals surface area contributed by atoms with Crippen LogP contribution in [-0.4, -0.2) is 24.4 Å². The molecule has 1 atom stereocenters. The van der Waals surface area contributed by atoms with Crippen LogP contribution in [0.5, 0.6) is 0 Å². The quantitative estimate of drug-likeness (QED) is 0.511. The molecular formula is C6H11NO3. The monoisotopic (exact) mass is 145 g/mol. The molecular weight excluding hydrogens is 134 g/mol. The Morgan fingerprint density at radius 3 is 2.50 bits per heavy atom. The summed E-state index contributed by atoms with van der Waals surface area (Å²) < 4.78 is 9.92. The van der Waals surface area contributed by atoms with Crippen LogP contribution in [0.15, 0.2) is 0 Å². The summed E-state index contributed by atoms with van der Waals surface area (Å²) in [5.41, 5.74) is 5.22. The Hall–Kier alpha value is -0.610. The highest BCUT2D eigenvalue weighted by Crippen LogP contribution is 2.22. The van der Waals surface area contributed by atoms with E-state index in [0.29, 0.717) is 0 Å². The van der Waals surface area contributed by atoms with E-state index in [1.807, 2.05) is 0 Å². The molecule has 0 amide bonds. The molecule has 1 heterocycles. The molecule has 1 fully saturated rings. The second kappa shape index (κ2) is 2.21. The highest BCUT2D eigenvalue weighted by Gasteiger charge is 2.39. The van der Waals surface area contributed by atoms with Gasteiger partial charge in [-0.1, -0.05) is 0 Å². The van der Waals surface area contributed by atoms with Gasteiger partial charge < -0.3 is 15.2 Å². The van der Waals surface area contributed by atoms with Crippen molar-refractivity contribution < 1.29 is 14.3 Å². The Labute approximate surface area is 59.3 Å². The molecule has 0 aromatic rings. The van der Waals surface area contributed by atoms with Crippen molar-refractivity contribution in [2.75, 3.05) is 6.54 Å². The average molecular weight is 145 g/mol. The maximum Gasteiger partial charge on any atom is 0.339 e. The number of hydrogen-bond donors (Lipinski definition) is 1. The number of ether oxygens (including phenoxy) is 2. The summed E-state index contributed by atoms with van der Waals surface area (Å²) in [6.45, 7) is 3.55. The average Bonchev–Trinajstić information content (AvgIpc) is 2.05. The van der Waals surface area contributed by atoms with E-state index in [4.69, 9.17) is 15.2 Å². The predicted octanol–water partition coefficient (Wildman–Crippen LogP) is -0.377. The highest BCUT2D eigenvalue weighted by atomic mass is 16.8. The van der Waals surface area contributed by atoms with Gasteiger partial charge in [0, 0.05) is 20.4 Å². The van der Waals surface area contributed by atoms with Crippen LogP contribution in [0.4, 0.5) is 0 Å². The van der Waals surface area contributed by atoms with Crippen molar-refractivity contribution >= 4 is 5.97 Å². The number of rotatable bonds is 1. The first-order valence-corrected chi connectivity index (χ1v) is 3.16. The summed E-state index contributed by atoms with van der Waals surface area (Å²) in [6.07, 6.45) is -0.574. The van der Waals surface area contributed by atoms with Crippen molar-refractivity contribution in [1.82, 2.24) is 0 Å². The molecule has 0 aromatic heterocycles. The second-order valence-corrected chi connectivity index (χ2v) is 2.66. The Morgan fingerprint density at radius 2 is 2.30 bits per heavy atom. The van der Waals surface area contributed by atoms with Gasteiger partial charge in [0.05, 0.1) is 0 Å². The third-order valence-electron chi connectivity index (χ3n) is 1.25. The molecule has 10 heavy (non-hydrogen) atoms. The lowest BCUT2D eigenvalue weighted by Crippen LogP contribution is -2.27. The Balaban J connectivity index is 2.61. The van der Waals surface area contributed by atoms with E-state index in [0.717, 1.165) is 0 Å². The fourth-order valence-corrected chi connectivity index (χ4v) is 0.867. The largest absolute Gasteiger partial charge is 0.432 e. The van der Waals surface area contributed by atoms with Gasteiger partial charge in [-0.2, -0.15) is 0 Å². The molecule has 4 nitrogen and oxygen atoms in total. The molecule has 1 aliphatic heterocycles. The maximum absolute atomic E-state index is 10.8. The summed E-state index contributed by atoms with van der Waals surface area (Å²) in [4.78, 5) is 10.8. The van der Waals surface area contributed by atoms with Gasteiger partial charge in [-0.25, -0.2) is 4.79 Å². The van der Waals surface area contributed by atoms with Crippen LogP contribution in [0.25, 0.3) is 0 Å². The molecule has 0 aromatic carbocycles. The number of carbonyl (C=O) groups is 1. The van der Waals surface area contributed by atoms with E-state index < -0.39 is 11.9 Å². The van der Waals surface area contributed by atoms with Crippen molar-refractivity contribution in [2.45, 2.75) is 25.7 Å². The minimum atomic E-state index is -0.791. The third kappa shape index (κ3) is 1.27. The first kappa shape index (κ1) is 7.50. The molecule has 0 bridgehead atoms. The highest BCUT2D eigenvalue weighted by molar-refractivity contribution is 5.76. The van der Waals surface area contributed by atoms with E-state index in [-0.39, 0.29) is 12.5 Å². The zero-order valence-corrected chi connectivity index (χ0v) is 6.09. The van der Waals surface area contributed by atoms with Gasteiger partial charge in [0.15, 0.2) is 6.10 Å². The zero-order valence-electron chi connectivity index (χ0n) is 6.09. The Kier molecular flexibility index (Phi) is 1.66. The first-order valence-electron chi connectivity index (χ1n) is 3.16. The van der Waals surface area contributed by atoms with E-state index in [1.54, 1.807) is 13.8 Å².